The molecule has 0 bridgehead atoms. The third kappa shape index (κ3) is 2.96. The van der Waals surface area contributed by atoms with Gasteiger partial charge in [-0.1, -0.05) is 27.5 Å². The van der Waals surface area contributed by atoms with Crippen molar-refractivity contribution in [3.63, 3.8) is 0 Å². The summed E-state index contributed by atoms with van der Waals surface area (Å²) in [6.07, 6.45) is 1.73. The van der Waals surface area contributed by atoms with Crippen LogP contribution < -0.4 is 5.32 Å². The Morgan fingerprint density at radius 1 is 1.35 bits per heavy atom. The van der Waals surface area contributed by atoms with Crippen LogP contribution in [0.3, 0.4) is 0 Å². The van der Waals surface area contributed by atoms with Crippen molar-refractivity contribution in [2.75, 3.05) is 11.9 Å². The molecule has 1 aromatic carbocycles. The quantitative estimate of drug-likeness (QED) is 0.931. The highest BCUT2D eigenvalue weighted by atomic mass is 79.9. The molecule has 2 aromatic rings. The van der Waals surface area contributed by atoms with E-state index in [2.05, 4.69) is 31.2 Å². The lowest BCUT2D eigenvalue weighted by atomic mass is 10.2. The van der Waals surface area contributed by atoms with Crippen LogP contribution in [-0.4, -0.2) is 16.5 Å². The molecule has 2 rings (SSSR count). The van der Waals surface area contributed by atoms with Crippen LogP contribution in [0.1, 0.15) is 6.92 Å². The minimum absolute atomic E-state index is 0.651. The molecule has 5 heteroatoms. The van der Waals surface area contributed by atoms with Gasteiger partial charge >= 0.3 is 0 Å². The van der Waals surface area contributed by atoms with Crippen LogP contribution in [0, 0.1) is 0 Å². The van der Waals surface area contributed by atoms with Gasteiger partial charge in [-0.05, 0) is 31.2 Å². The van der Waals surface area contributed by atoms with E-state index in [0.29, 0.717) is 10.8 Å². The molecule has 0 amide bonds. The largest absolute Gasteiger partial charge is 0.370 e. The third-order valence-corrected chi connectivity index (χ3v) is 3.11. The molecule has 0 saturated carbocycles. The maximum absolute atomic E-state index is 5.98. The van der Waals surface area contributed by atoms with Crippen molar-refractivity contribution in [3.05, 3.63) is 40.0 Å². The van der Waals surface area contributed by atoms with Crippen molar-refractivity contribution in [2.24, 2.45) is 0 Å². The number of benzene rings is 1. The predicted octanol–water partition coefficient (Wildman–Crippen LogP) is 3.99. The SMILES string of the molecule is CCNc1ccnc(-c2cc(Cl)ccc2Br)n1. The van der Waals surface area contributed by atoms with Gasteiger partial charge in [0.25, 0.3) is 0 Å². The Labute approximate surface area is 113 Å². The number of aromatic nitrogens is 2. The van der Waals surface area contributed by atoms with Crippen molar-refractivity contribution >= 4 is 33.3 Å². The molecule has 0 saturated heterocycles. The van der Waals surface area contributed by atoms with Gasteiger partial charge in [0, 0.05) is 27.8 Å². The smallest absolute Gasteiger partial charge is 0.162 e. The summed E-state index contributed by atoms with van der Waals surface area (Å²) in [5.41, 5.74) is 0.886. The molecule has 1 aromatic heterocycles. The number of hydrogen-bond acceptors (Lipinski definition) is 3. The molecule has 0 unspecified atom stereocenters. The molecule has 17 heavy (non-hydrogen) atoms. The first kappa shape index (κ1) is 12.3. The molecule has 1 heterocycles. The fourth-order valence-corrected chi connectivity index (χ4v) is 2.03. The second kappa shape index (κ2) is 5.47. The van der Waals surface area contributed by atoms with Gasteiger partial charge in [-0.3, -0.25) is 0 Å². The molecule has 1 N–H and O–H groups in total. The normalized spacial score (nSPS) is 10.3. The third-order valence-electron chi connectivity index (χ3n) is 2.18. The summed E-state index contributed by atoms with van der Waals surface area (Å²) >= 11 is 9.45. The minimum Gasteiger partial charge on any atom is -0.370 e. The lowest BCUT2D eigenvalue weighted by molar-refractivity contribution is 1.12. The highest BCUT2D eigenvalue weighted by Gasteiger charge is 2.07. The van der Waals surface area contributed by atoms with Gasteiger partial charge in [0.2, 0.25) is 0 Å². The lowest BCUT2D eigenvalue weighted by Crippen LogP contribution is -2.00. The van der Waals surface area contributed by atoms with Crippen molar-refractivity contribution in [3.8, 4) is 11.4 Å². The second-order valence-corrected chi connectivity index (χ2v) is 4.71. The molecule has 0 fully saturated rings. The average molecular weight is 313 g/mol. The van der Waals surface area contributed by atoms with E-state index < -0.39 is 0 Å². The zero-order valence-electron chi connectivity index (χ0n) is 9.24. The van der Waals surface area contributed by atoms with Crippen LogP contribution in [-0.2, 0) is 0 Å². The Morgan fingerprint density at radius 3 is 2.94 bits per heavy atom. The second-order valence-electron chi connectivity index (χ2n) is 3.42. The van der Waals surface area contributed by atoms with Crippen molar-refractivity contribution in [1.29, 1.82) is 0 Å². The van der Waals surface area contributed by atoms with Crippen molar-refractivity contribution in [1.82, 2.24) is 9.97 Å². The van der Waals surface area contributed by atoms with E-state index in [9.17, 15) is 0 Å². The van der Waals surface area contributed by atoms with Gasteiger partial charge in [0.05, 0.1) is 0 Å². The zero-order chi connectivity index (χ0) is 12.3. The summed E-state index contributed by atoms with van der Waals surface area (Å²) in [5.74, 6) is 1.46. The van der Waals surface area contributed by atoms with Gasteiger partial charge in [-0.2, -0.15) is 0 Å². The molecule has 0 aliphatic rings. The van der Waals surface area contributed by atoms with E-state index >= 15 is 0 Å². The van der Waals surface area contributed by atoms with E-state index in [4.69, 9.17) is 11.6 Å². The summed E-state index contributed by atoms with van der Waals surface area (Å²) < 4.78 is 0.926. The summed E-state index contributed by atoms with van der Waals surface area (Å²) in [6.45, 7) is 2.85. The number of rotatable bonds is 3. The molecular weight excluding hydrogens is 302 g/mol. The van der Waals surface area contributed by atoms with Crippen LogP contribution in [0.5, 0.6) is 0 Å². The zero-order valence-corrected chi connectivity index (χ0v) is 11.6. The van der Waals surface area contributed by atoms with E-state index in [0.717, 1.165) is 22.4 Å². The average Bonchev–Trinajstić information content (AvgIpc) is 2.33. The van der Waals surface area contributed by atoms with E-state index in [1.807, 2.05) is 31.2 Å². The Morgan fingerprint density at radius 2 is 2.18 bits per heavy atom. The monoisotopic (exact) mass is 311 g/mol. The molecular formula is C12H11BrClN3. The number of nitrogens with zero attached hydrogens (tertiary/aromatic N) is 2. The Balaban J connectivity index is 2.45. The van der Waals surface area contributed by atoms with E-state index in [-0.39, 0.29) is 0 Å². The number of hydrogen-bond donors (Lipinski definition) is 1. The van der Waals surface area contributed by atoms with E-state index in [1.165, 1.54) is 0 Å². The lowest BCUT2D eigenvalue weighted by Gasteiger charge is -2.06. The van der Waals surface area contributed by atoms with Gasteiger partial charge in [-0.15, -0.1) is 0 Å². The molecule has 0 aliphatic carbocycles. The Hall–Kier alpha value is -1.13. The first-order valence-corrected chi connectivity index (χ1v) is 6.40. The maximum Gasteiger partial charge on any atom is 0.162 e. The van der Waals surface area contributed by atoms with Crippen LogP contribution >= 0.6 is 27.5 Å². The first-order chi connectivity index (χ1) is 8.20. The molecule has 3 nitrogen and oxygen atoms in total. The molecule has 0 radical (unpaired) electrons. The van der Waals surface area contributed by atoms with Crippen molar-refractivity contribution in [2.45, 2.75) is 6.92 Å². The number of nitrogens with one attached hydrogen (secondary N) is 1. The summed E-state index contributed by atoms with van der Waals surface area (Å²) in [6, 6.07) is 7.40. The summed E-state index contributed by atoms with van der Waals surface area (Å²) in [5, 5.41) is 3.82. The van der Waals surface area contributed by atoms with Crippen LogP contribution in [0.4, 0.5) is 5.82 Å². The topological polar surface area (TPSA) is 37.8 Å². The van der Waals surface area contributed by atoms with Gasteiger partial charge < -0.3 is 5.32 Å². The van der Waals surface area contributed by atoms with Crippen LogP contribution in [0.25, 0.3) is 11.4 Å². The molecule has 0 atom stereocenters. The summed E-state index contributed by atoms with van der Waals surface area (Å²) in [7, 11) is 0. The highest BCUT2D eigenvalue weighted by Crippen LogP contribution is 2.28. The number of anilines is 1. The first-order valence-electron chi connectivity index (χ1n) is 5.23. The Bertz CT molecular complexity index is 531. The van der Waals surface area contributed by atoms with Crippen LogP contribution in [0.15, 0.2) is 34.9 Å². The fourth-order valence-electron chi connectivity index (χ4n) is 1.44. The van der Waals surface area contributed by atoms with E-state index in [1.54, 1.807) is 6.20 Å². The predicted molar refractivity (Wildman–Crippen MR) is 74.3 cm³/mol. The standard InChI is InChI=1S/C12H11BrClN3/c1-2-15-11-5-6-16-12(17-11)9-7-8(14)3-4-10(9)13/h3-7H,2H2,1H3,(H,15,16,17). The Kier molecular flexibility index (Phi) is 3.97. The number of halogens is 2. The van der Waals surface area contributed by atoms with Gasteiger partial charge in [-0.25, -0.2) is 9.97 Å². The maximum atomic E-state index is 5.98. The molecule has 0 aliphatic heterocycles. The van der Waals surface area contributed by atoms with Crippen molar-refractivity contribution < 1.29 is 0 Å². The van der Waals surface area contributed by atoms with Crippen LogP contribution in [0.2, 0.25) is 5.02 Å². The van der Waals surface area contributed by atoms with Gasteiger partial charge in [0.1, 0.15) is 5.82 Å². The highest BCUT2D eigenvalue weighted by molar-refractivity contribution is 9.10. The molecule has 88 valence electrons. The summed E-state index contributed by atoms with van der Waals surface area (Å²) in [4.78, 5) is 8.68. The minimum atomic E-state index is 0.651. The molecule has 0 spiro atoms. The fraction of sp³-hybridized carbons (Fsp3) is 0.167. The van der Waals surface area contributed by atoms with Gasteiger partial charge in [0.15, 0.2) is 5.82 Å².